The fraction of sp³-hybridized carbons (Fsp3) is 0.222. The Kier molecular flexibility index (Phi) is 4.57. The zero-order valence-electron chi connectivity index (χ0n) is 13.1. The van der Waals surface area contributed by atoms with Crippen molar-refractivity contribution in [2.75, 3.05) is 11.9 Å². The number of aromatic nitrogens is 1. The smallest absolute Gasteiger partial charge is 0.333 e. The number of ether oxygens (including phenoxy) is 1. The van der Waals surface area contributed by atoms with E-state index in [9.17, 15) is 4.79 Å². The molecule has 0 saturated carbocycles. The van der Waals surface area contributed by atoms with Gasteiger partial charge in [0.15, 0.2) is 6.04 Å². The number of rotatable bonds is 5. The van der Waals surface area contributed by atoms with Gasteiger partial charge in [0.05, 0.1) is 22.3 Å². The number of carbonyl (C=O) groups is 1. The van der Waals surface area contributed by atoms with E-state index in [-0.39, 0.29) is 5.97 Å². The number of esters is 1. The molecular weight excluding hydrogens is 308 g/mol. The van der Waals surface area contributed by atoms with Crippen molar-refractivity contribution >= 4 is 33.2 Å². The van der Waals surface area contributed by atoms with E-state index >= 15 is 0 Å². The summed E-state index contributed by atoms with van der Waals surface area (Å²) in [5, 5.41) is 3.31. The van der Waals surface area contributed by atoms with E-state index in [1.165, 1.54) is 0 Å². The van der Waals surface area contributed by atoms with Gasteiger partial charge in [-0.15, -0.1) is 11.3 Å². The molecule has 1 aromatic heterocycles. The molecule has 0 spiro atoms. The zero-order valence-corrected chi connectivity index (χ0v) is 13.9. The van der Waals surface area contributed by atoms with Crippen LogP contribution in [0.15, 0.2) is 48.0 Å². The highest BCUT2D eigenvalue weighted by molar-refractivity contribution is 7.16. The van der Waals surface area contributed by atoms with Gasteiger partial charge < -0.3 is 10.1 Å². The number of hydrogen-bond acceptors (Lipinski definition) is 5. The highest BCUT2D eigenvalue weighted by Gasteiger charge is 2.23. The summed E-state index contributed by atoms with van der Waals surface area (Å²) < 4.78 is 6.31. The van der Waals surface area contributed by atoms with Gasteiger partial charge >= 0.3 is 5.97 Å². The number of carbonyl (C=O) groups excluding carboxylic acids is 1. The van der Waals surface area contributed by atoms with Crippen LogP contribution in [-0.2, 0) is 9.53 Å². The second kappa shape index (κ2) is 6.79. The minimum absolute atomic E-state index is 0.278. The van der Waals surface area contributed by atoms with Crippen molar-refractivity contribution in [3.63, 3.8) is 0 Å². The van der Waals surface area contributed by atoms with E-state index in [1.807, 2.05) is 61.8 Å². The van der Waals surface area contributed by atoms with Gasteiger partial charge in [0.1, 0.15) is 0 Å². The van der Waals surface area contributed by atoms with Crippen molar-refractivity contribution in [1.82, 2.24) is 4.98 Å². The summed E-state index contributed by atoms with van der Waals surface area (Å²) in [7, 11) is 0. The molecule has 1 atom stereocenters. The first kappa shape index (κ1) is 15.5. The molecule has 3 rings (SSSR count). The summed E-state index contributed by atoms with van der Waals surface area (Å²) in [5.74, 6) is -0.278. The molecule has 0 bridgehead atoms. The van der Waals surface area contributed by atoms with E-state index in [0.29, 0.717) is 6.61 Å². The van der Waals surface area contributed by atoms with Crippen LogP contribution in [0.5, 0.6) is 0 Å². The van der Waals surface area contributed by atoms with Crippen molar-refractivity contribution < 1.29 is 9.53 Å². The normalized spacial score (nSPS) is 12.1. The summed E-state index contributed by atoms with van der Waals surface area (Å²) in [6.07, 6.45) is 0. The minimum atomic E-state index is -0.539. The molecule has 1 heterocycles. The van der Waals surface area contributed by atoms with Gasteiger partial charge in [0, 0.05) is 5.69 Å². The van der Waals surface area contributed by atoms with Crippen molar-refractivity contribution in [1.29, 1.82) is 0 Å². The molecule has 0 aliphatic rings. The molecule has 0 fully saturated rings. The Morgan fingerprint density at radius 3 is 2.91 bits per heavy atom. The van der Waals surface area contributed by atoms with Gasteiger partial charge in [-0.3, -0.25) is 0 Å². The summed E-state index contributed by atoms with van der Waals surface area (Å²) in [6, 6.07) is 13.2. The number of thiazole rings is 1. The molecule has 0 amide bonds. The number of nitrogens with one attached hydrogen (secondary N) is 1. The molecule has 0 aliphatic carbocycles. The van der Waals surface area contributed by atoms with E-state index in [1.54, 1.807) is 11.3 Å². The Balaban J connectivity index is 1.97. The third-order valence-corrected chi connectivity index (χ3v) is 4.45. The van der Waals surface area contributed by atoms with Gasteiger partial charge in [-0.1, -0.05) is 24.3 Å². The van der Waals surface area contributed by atoms with Gasteiger partial charge in [-0.2, -0.15) is 0 Å². The summed E-state index contributed by atoms with van der Waals surface area (Å²) in [6.45, 7) is 4.18. The number of fused-ring (bicyclic) bond motifs is 1. The average Bonchev–Trinajstić information content (AvgIpc) is 3.01. The molecule has 0 aliphatic heterocycles. The standard InChI is InChI=1S/C18H18N2O2S/c1-3-22-18(21)17(20-14-7-5-4-6-12(14)2)13-8-9-15-16(10-13)23-11-19-15/h4-11,17,20H,3H2,1-2H3. The van der Waals surface area contributed by atoms with Crippen molar-refractivity contribution in [2.45, 2.75) is 19.9 Å². The molecule has 23 heavy (non-hydrogen) atoms. The molecule has 5 heteroatoms. The van der Waals surface area contributed by atoms with E-state index < -0.39 is 6.04 Å². The van der Waals surface area contributed by atoms with E-state index in [0.717, 1.165) is 27.0 Å². The third kappa shape index (κ3) is 3.35. The second-order valence-corrected chi connectivity index (χ2v) is 6.11. The monoisotopic (exact) mass is 326 g/mol. The van der Waals surface area contributed by atoms with Gasteiger partial charge in [-0.05, 0) is 43.2 Å². The van der Waals surface area contributed by atoms with Crippen LogP contribution in [0.1, 0.15) is 24.1 Å². The maximum atomic E-state index is 12.4. The minimum Gasteiger partial charge on any atom is -0.464 e. The first-order valence-electron chi connectivity index (χ1n) is 7.51. The van der Waals surface area contributed by atoms with Crippen LogP contribution in [0, 0.1) is 6.92 Å². The van der Waals surface area contributed by atoms with Crippen LogP contribution in [0.4, 0.5) is 5.69 Å². The number of hydrogen-bond donors (Lipinski definition) is 1. The summed E-state index contributed by atoms with van der Waals surface area (Å²) in [4.78, 5) is 16.7. The number of para-hydroxylation sites is 1. The van der Waals surface area contributed by atoms with Crippen LogP contribution in [-0.4, -0.2) is 17.6 Å². The lowest BCUT2D eigenvalue weighted by Crippen LogP contribution is -2.23. The first-order valence-corrected chi connectivity index (χ1v) is 8.39. The number of aryl methyl sites for hydroxylation is 1. The topological polar surface area (TPSA) is 51.2 Å². The first-order chi connectivity index (χ1) is 11.2. The second-order valence-electron chi connectivity index (χ2n) is 5.22. The van der Waals surface area contributed by atoms with Crippen LogP contribution in [0.3, 0.4) is 0 Å². The SMILES string of the molecule is CCOC(=O)C(Nc1ccccc1C)c1ccc2ncsc2c1. The fourth-order valence-electron chi connectivity index (χ4n) is 2.45. The van der Waals surface area contributed by atoms with Crippen LogP contribution >= 0.6 is 11.3 Å². The molecule has 2 aromatic carbocycles. The Labute approximate surface area is 139 Å². The molecule has 0 radical (unpaired) electrons. The van der Waals surface area contributed by atoms with Crippen LogP contribution < -0.4 is 5.32 Å². The number of anilines is 1. The highest BCUT2D eigenvalue weighted by Crippen LogP contribution is 2.27. The van der Waals surface area contributed by atoms with E-state index in [4.69, 9.17) is 4.74 Å². The molecular formula is C18H18N2O2S. The van der Waals surface area contributed by atoms with Crippen molar-refractivity contribution in [3.8, 4) is 0 Å². The third-order valence-electron chi connectivity index (χ3n) is 3.66. The summed E-state index contributed by atoms with van der Waals surface area (Å²) >= 11 is 1.56. The maximum Gasteiger partial charge on any atom is 0.333 e. The Hall–Kier alpha value is -2.40. The molecule has 1 N–H and O–H groups in total. The number of benzene rings is 2. The zero-order chi connectivity index (χ0) is 16.2. The summed E-state index contributed by atoms with van der Waals surface area (Å²) in [5.41, 5.74) is 5.64. The van der Waals surface area contributed by atoms with Crippen molar-refractivity contribution in [3.05, 3.63) is 59.1 Å². The maximum absolute atomic E-state index is 12.4. The predicted molar refractivity (Wildman–Crippen MR) is 93.8 cm³/mol. The number of nitrogens with zero attached hydrogens (tertiary/aromatic N) is 1. The predicted octanol–water partition coefficient (Wildman–Crippen LogP) is 4.32. The lowest BCUT2D eigenvalue weighted by molar-refractivity contribution is -0.144. The average molecular weight is 326 g/mol. The Bertz CT molecular complexity index is 829. The Morgan fingerprint density at radius 1 is 1.30 bits per heavy atom. The molecule has 118 valence electrons. The molecule has 1 unspecified atom stereocenters. The fourth-order valence-corrected chi connectivity index (χ4v) is 3.17. The van der Waals surface area contributed by atoms with Gasteiger partial charge in [0.2, 0.25) is 0 Å². The molecule has 3 aromatic rings. The quantitative estimate of drug-likeness (QED) is 0.709. The largest absolute Gasteiger partial charge is 0.464 e. The lowest BCUT2D eigenvalue weighted by Gasteiger charge is -2.20. The van der Waals surface area contributed by atoms with E-state index in [2.05, 4.69) is 10.3 Å². The molecule has 0 saturated heterocycles. The van der Waals surface area contributed by atoms with Gasteiger partial charge in [0.25, 0.3) is 0 Å². The van der Waals surface area contributed by atoms with Crippen molar-refractivity contribution in [2.24, 2.45) is 0 Å². The van der Waals surface area contributed by atoms with Gasteiger partial charge in [-0.25, -0.2) is 9.78 Å². The van der Waals surface area contributed by atoms with Crippen LogP contribution in [0.2, 0.25) is 0 Å². The lowest BCUT2D eigenvalue weighted by atomic mass is 10.1. The molecule has 4 nitrogen and oxygen atoms in total. The Morgan fingerprint density at radius 2 is 2.13 bits per heavy atom. The van der Waals surface area contributed by atoms with Crippen LogP contribution in [0.25, 0.3) is 10.2 Å². The highest BCUT2D eigenvalue weighted by atomic mass is 32.1.